The molecular formula is C14H10N4O. The fourth-order valence-electron chi connectivity index (χ4n) is 1.73. The third-order valence-corrected chi connectivity index (χ3v) is 2.64. The first-order valence-electron chi connectivity index (χ1n) is 5.76. The van der Waals surface area contributed by atoms with Gasteiger partial charge in [0, 0.05) is 24.0 Å². The first kappa shape index (κ1) is 11.3. The summed E-state index contributed by atoms with van der Waals surface area (Å²) in [5.41, 5.74) is 1.33. The molecule has 5 nitrogen and oxygen atoms in total. The Balaban J connectivity index is 1.89. The number of fused-ring (bicyclic) bond motifs is 1. The number of carbonyl (C=O) groups is 1. The van der Waals surface area contributed by atoms with E-state index < -0.39 is 0 Å². The van der Waals surface area contributed by atoms with Crippen molar-refractivity contribution in [2.24, 2.45) is 0 Å². The van der Waals surface area contributed by atoms with Crippen LogP contribution in [0.5, 0.6) is 0 Å². The van der Waals surface area contributed by atoms with E-state index in [1.54, 1.807) is 30.7 Å². The quantitative estimate of drug-likeness (QED) is 0.757. The molecule has 0 fully saturated rings. The number of para-hydroxylation sites is 1. The molecule has 19 heavy (non-hydrogen) atoms. The Bertz CT molecular complexity index is 728. The van der Waals surface area contributed by atoms with Gasteiger partial charge in [-0.3, -0.25) is 15.1 Å². The average Bonchev–Trinajstić information content (AvgIpc) is 2.48. The van der Waals surface area contributed by atoms with E-state index in [9.17, 15) is 4.79 Å². The maximum absolute atomic E-state index is 12.0. The molecule has 0 saturated carbocycles. The Morgan fingerprint density at radius 2 is 1.79 bits per heavy atom. The zero-order chi connectivity index (χ0) is 13.1. The fraction of sp³-hybridized carbons (Fsp3) is 0. The summed E-state index contributed by atoms with van der Waals surface area (Å²) < 4.78 is 0. The molecule has 2 heterocycles. The number of pyridine rings is 1. The molecule has 0 bridgehead atoms. The van der Waals surface area contributed by atoms with E-state index in [0.29, 0.717) is 5.56 Å². The van der Waals surface area contributed by atoms with Crippen LogP contribution in [0, 0.1) is 0 Å². The van der Waals surface area contributed by atoms with Gasteiger partial charge in [0.1, 0.15) is 0 Å². The summed E-state index contributed by atoms with van der Waals surface area (Å²) in [6.07, 6.45) is 4.68. The maximum atomic E-state index is 12.0. The summed E-state index contributed by atoms with van der Waals surface area (Å²) in [7, 11) is 0. The van der Waals surface area contributed by atoms with Crippen LogP contribution in [0.25, 0.3) is 10.9 Å². The standard InChI is InChI=1S/C14H10N4O/c19-13(18-14-15-6-3-7-16-14)11-8-10-4-1-2-5-12(10)17-9-11/h1-9H,(H,15,16,18,19). The van der Waals surface area contributed by atoms with Crippen molar-refractivity contribution in [1.82, 2.24) is 15.0 Å². The van der Waals surface area contributed by atoms with E-state index in [2.05, 4.69) is 20.3 Å². The van der Waals surface area contributed by atoms with Crippen molar-refractivity contribution >= 4 is 22.8 Å². The Morgan fingerprint density at radius 3 is 2.63 bits per heavy atom. The molecule has 0 unspecified atom stereocenters. The number of nitrogens with zero attached hydrogens (tertiary/aromatic N) is 3. The summed E-state index contributed by atoms with van der Waals surface area (Å²) in [5.74, 6) is 0.00473. The minimum Gasteiger partial charge on any atom is -0.290 e. The highest BCUT2D eigenvalue weighted by Gasteiger charge is 2.08. The van der Waals surface area contributed by atoms with Crippen LogP contribution in [-0.4, -0.2) is 20.9 Å². The lowest BCUT2D eigenvalue weighted by Crippen LogP contribution is -2.14. The molecule has 0 aliphatic carbocycles. The fourth-order valence-corrected chi connectivity index (χ4v) is 1.73. The van der Waals surface area contributed by atoms with Crippen LogP contribution in [0.3, 0.4) is 0 Å². The number of hydrogen-bond acceptors (Lipinski definition) is 4. The largest absolute Gasteiger partial charge is 0.290 e. The molecular weight excluding hydrogens is 240 g/mol. The van der Waals surface area contributed by atoms with Gasteiger partial charge in [-0.05, 0) is 18.2 Å². The summed E-state index contributed by atoms with van der Waals surface area (Å²) in [4.78, 5) is 24.2. The highest BCUT2D eigenvalue weighted by atomic mass is 16.1. The Kier molecular flexibility index (Phi) is 2.86. The molecule has 0 aliphatic heterocycles. The Labute approximate surface area is 109 Å². The minimum atomic E-state index is -0.274. The number of carbonyl (C=O) groups excluding carboxylic acids is 1. The molecule has 0 aliphatic rings. The number of anilines is 1. The lowest BCUT2D eigenvalue weighted by Gasteiger charge is -2.04. The van der Waals surface area contributed by atoms with Gasteiger partial charge in [0.15, 0.2) is 0 Å². The topological polar surface area (TPSA) is 67.8 Å². The molecule has 0 spiro atoms. The molecule has 0 radical (unpaired) electrons. The van der Waals surface area contributed by atoms with E-state index in [1.165, 1.54) is 0 Å². The van der Waals surface area contributed by atoms with Gasteiger partial charge in [-0.1, -0.05) is 18.2 Å². The zero-order valence-corrected chi connectivity index (χ0v) is 9.95. The molecule has 1 amide bonds. The molecule has 0 atom stereocenters. The molecule has 3 rings (SSSR count). The van der Waals surface area contributed by atoms with Gasteiger partial charge in [0.25, 0.3) is 5.91 Å². The van der Waals surface area contributed by atoms with Gasteiger partial charge in [-0.25, -0.2) is 9.97 Å². The van der Waals surface area contributed by atoms with Crippen LogP contribution in [0.1, 0.15) is 10.4 Å². The van der Waals surface area contributed by atoms with E-state index in [0.717, 1.165) is 10.9 Å². The van der Waals surface area contributed by atoms with Crippen molar-refractivity contribution in [2.75, 3.05) is 5.32 Å². The molecule has 92 valence electrons. The van der Waals surface area contributed by atoms with E-state index in [4.69, 9.17) is 0 Å². The van der Waals surface area contributed by atoms with Gasteiger partial charge in [0.05, 0.1) is 11.1 Å². The number of hydrogen-bond donors (Lipinski definition) is 1. The van der Waals surface area contributed by atoms with Crippen LogP contribution in [0.15, 0.2) is 55.0 Å². The van der Waals surface area contributed by atoms with E-state index in [1.807, 2.05) is 24.3 Å². The second kappa shape index (κ2) is 4.81. The lowest BCUT2D eigenvalue weighted by atomic mass is 10.1. The Morgan fingerprint density at radius 1 is 1.00 bits per heavy atom. The number of aromatic nitrogens is 3. The second-order valence-electron chi connectivity index (χ2n) is 3.94. The molecule has 2 aromatic heterocycles. The number of amides is 1. The summed E-state index contributed by atoms with van der Waals surface area (Å²) in [5, 5.41) is 3.54. The van der Waals surface area contributed by atoms with E-state index in [-0.39, 0.29) is 11.9 Å². The van der Waals surface area contributed by atoms with Crippen LogP contribution in [-0.2, 0) is 0 Å². The predicted octanol–water partition coefficient (Wildman–Crippen LogP) is 2.28. The van der Waals surface area contributed by atoms with Crippen molar-refractivity contribution in [2.45, 2.75) is 0 Å². The monoisotopic (exact) mass is 250 g/mol. The van der Waals surface area contributed by atoms with Crippen molar-refractivity contribution in [3.8, 4) is 0 Å². The number of benzene rings is 1. The van der Waals surface area contributed by atoms with Crippen molar-refractivity contribution < 1.29 is 4.79 Å². The Hall–Kier alpha value is -2.82. The maximum Gasteiger partial charge on any atom is 0.259 e. The normalized spacial score (nSPS) is 10.3. The number of nitrogens with one attached hydrogen (secondary N) is 1. The predicted molar refractivity (Wildman–Crippen MR) is 71.7 cm³/mol. The number of rotatable bonds is 2. The second-order valence-corrected chi connectivity index (χ2v) is 3.94. The zero-order valence-electron chi connectivity index (χ0n) is 9.95. The van der Waals surface area contributed by atoms with Crippen molar-refractivity contribution in [3.05, 3.63) is 60.6 Å². The van der Waals surface area contributed by atoms with Crippen molar-refractivity contribution in [1.29, 1.82) is 0 Å². The minimum absolute atomic E-state index is 0.274. The molecule has 1 N–H and O–H groups in total. The van der Waals surface area contributed by atoms with Gasteiger partial charge >= 0.3 is 0 Å². The highest BCUT2D eigenvalue weighted by Crippen LogP contribution is 2.13. The highest BCUT2D eigenvalue weighted by molar-refractivity contribution is 6.04. The SMILES string of the molecule is O=C(Nc1ncccn1)c1cnc2ccccc2c1. The van der Waals surface area contributed by atoms with Crippen molar-refractivity contribution in [3.63, 3.8) is 0 Å². The summed E-state index contributed by atoms with van der Waals surface area (Å²) in [6, 6.07) is 11.1. The van der Waals surface area contributed by atoms with Gasteiger partial charge in [0.2, 0.25) is 5.95 Å². The first-order chi connectivity index (χ1) is 9.33. The average molecular weight is 250 g/mol. The van der Waals surface area contributed by atoms with Gasteiger partial charge in [-0.2, -0.15) is 0 Å². The first-order valence-corrected chi connectivity index (χ1v) is 5.76. The molecule has 5 heteroatoms. The van der Waals surface area contributed by atoms with Crippen LogP contribution in [0.4, 0.5) is 5.95 Å². The summed E-state index contributed by atoms with van der Waals surface area (Å²) in [6.45, 7) is 0. The van der Waals surface area contributed by atoms with Crippen LogP contribution in [0.2, 0.25) is 0 Å². The third kappa shape index (κ3) is 2.40. The van der Waals surface area contributed by atoms with Crippen LogP contribution >= 0.6 is 0 Å². The summed E-state index contributed by atoms with van der Waals surface area (Å²) >= 11 is 0. The van der Waals surface area contributed by atoms with Gasteiger partial charge in [-0.15, -0.1) is 0 Å². The smallest absolute Gasteiger partial charge is 0.259 e. The lowest BCUT2D eigenvalue weighted by molar-refractivity contribution is 0.102. The van der Waals surface area contributed by atoms with Gasteiger partial charge < -0.3 is 0 Å². The van der Waals surface area contributed by atoms with E-state index >= 15 is 0 Å². The van der Waals surface area contributed by atoms with Crippen LogP contribution < -0.4 is 5.32 Å². The molecule has 1 aromatic carbocycles. The third-order valence-electron chi connectivity index (χ3n) is 2.64. The molecule has 0 saturated heterocycles. The molecule has 3 aromatic rings.